The first-order valence-corrected chi connectivity index (χ1v) is 19.0. The minimum atomic E-state index is -5.02. The Bertz CT molecular complexity index is 1910. The van der Waals surface area contributed by atoms with E-state index in [9.17, 15) is 19.0 Å². The quantitative estimate of drug-likeness (QED) is 0.0475. The lowest BCUT2D eigenvalue weighted by atomic mass is 10.0. The average Bonchev–Trinajstić information content (AvgIpc) is 3.10. The molecule has 1 aliphatic heterocycles. The van der Waals surface area contributed by atoms with Crippen LogP contribution in [0.5, 0.6) is 17.2 Å². The molecule has 2 heterocycles. The summed E-state index contributed by atoms with van der Waals surface area (Å²) in [5.41, 5.74) is 2.30. The number of fused-ring (bicyclic) bond motifs is 1. The van der Waals surface area contributed by atoms with E-state index < -0.39 is 26.5 Å². The van der Waals surface area contributed by atoms with Crippen molar-refractivity contribution in [3.05, 3.63) is 76.8 Å². The summed E-state index contributed by atoms with van der Waals surface area (Å²) >= 11 is 5.99. The number of ether oxygens (including phenoxy) is 4. The molecule has 2 unspecified atom stereocenters. The van der Waals surface area contributed by atoms with Crippen LogP contribution in [0.15, 0.2) is 54.9 Å². The predicted octanol–water partition coefficient (Wildman–Crippen LogP) is 5.23. The maximum absolute atomic E-state index is 13.7. The van der Waals surface area contributed by atoms with Crippen molar-refractivity contribution in [3.8, 4) is 17.2 Å². The van der Waals surface area contributed by atoms with E-state index in [-0.39, 0.29) is 10.6 Å². The molecule has 0 aliphatic carbocycles. The summed E-state index contributed by atoms with van der Waals surface area (Å²) in [6.45, 7) is 9.65. The summed E-state index contributed by atoms with van der Waals surface area (Å²) in [4.78, 5) is 29.1. The number of aliphatic hydroxyl groups excluding tert-OH is 1. The Kier molecular flexibility index (Phi) is 13.5. The van der Waals surface area contributed by atoms with Crippen LogP contribution in [0.25, 0.3) is 10.9 Å². The molecule has 3 aromatic carbocycles. The summed E-state index contributed by atoms with van der Waals surface area (Å²) < 4.78 is 53.5. The number of benzene rings is 3. The molecule has 53 heavy (non-hydrogen) atoms. The Morgan fingerprint density at radius 1 is 1.08 bits per heavy atom. The first kappa shape index (κ1) is 40.6. The lowest BCUT2D eigenvalue weighted by Gasteiger charge is -2.41. The summed E-state index contributed by atoms with van der Waals surface area (Å²) in [7, 11) is -3.47. The number of hydrogen-bond acceptors (Lipinski definition) is 12. The standard InChI is InChI=1S/C36H46ClFN5O9P/c1-36(2,3)41-20-31(44)24-6-7-25(32(16-24)51-23-52-53(45,46)47)21-43(11-14-49-15-12-43)10-5-13-50-34-18-27-30(19-33(34)48-4)39-22-40-35(27)42-26-8-9-29(38)28(37)17-26/h6-9,16-19,22,31,41,44H,5,10-15,20-21,23H2,1-4H3,(H2-,39,40,42,45,46,47). The summed E-state index contributed by atoms with van der Waals surface area (Å²) in [5, 5.41) is 18.0. The van der Waals surface area contributed by atoms with Crippen LogP contribution in [0, 0.1) is 5.82 Å². The minimum absolute atomic E-state index is 0.0186. The van der Waals surface area contributed by atoms with Gasteiger partial charge in [-0.05, 0) is 62.7 Å². The van der Waals surface area contributed by atoms with Gasteiger partial charge in [0.05, 0.1) is 50.1 Å². The predicted molar refractivity (Wildman–Crippen MR) is 196 cm³/mol. The van der Waals surface area contributed by atoms with E-state index in [0.717, 1.165) is 5.56 Å². The number of morpholine rings is 1. The van der Waals surface area contributed by atoms with E-state index in [2.05, 4.69) is 25.1 Å². The van der Waals surface area contributed by atoms with Crippen LogP contribution in [-0.2, 0) is 20.4 Å². The lowest BCUT2D eigenvalue weighted by Crippen LogP contribution is -2.55. The van der Waals surface area contributed by atoms with Crippen LogP contribution in [0.1, 0.15) is 44.4 Å². The van der Waals surface area contributed by atoms with E-state index in [1.54, 1.807) is 31.4 Å². The van der Waals surface area contributed by atoms with E-state index in [1.165, 1.54) is 18.5 Å². The van der Waals surface area contributed by atoms with Gasteiger partial charge in [0.1, 0.15) is 43.3 Å². The molecular weight excluding hydrogens is 732 g/mol. The smallest absolute Gasteiger partial charge is 0.268 e. The maximum atomic E-state index is 13.7. The summed E-state index contributed by atoms with van der Waals surface area (Å²) in [6.07, 6.45) is 1.22. The van der Waals surface area contributed by atoms with E-state index in [4.69, 9.17) is 35.4 Å². The fourth-order valence-electron chi connectivity index (χ4n) is 6.00. The van der Waals surface area contributed by atoms with Crippen molar-refractivity contribution in [2.24, 2.45) is 0 Å². The summed E-state index contributed by atoms with van der Waals surface area (Å²) in [6, 6.07) is 13.2. The number of aromatic nitrogens is 2. The number of nitrogens with one attached hydrogen (secondary N) is 2. The molecule has 2 atom stereocenters. The zero-order valence-electron chi connectivity index (χ0n) is 30.1. The molecule has 5 rings (SSSR count). The van der Waals surface area contributed by atoms with Gasteiger partial charge in [-0.25, -0.2) is 14.4 Å². The van der Waals surface area contributed by atoms with Gasteiger partial charge >= 0.3 is 0 Å². The highest BCUT2D eigenvalue weighted by molar-refractivity contribution is 7.44. The normalized spacial score (nSPS) is 16.2. The molecule has 1 fully saturated rings. The third-order valence-corrected chi connectivity index (χ3v) is 9.52. The van der Waals surface area contributed by atoms with Crippen molar-refractivity contribution in [3.63, 3.8) is 0 Å². The Morgan fingerprint density at radius 3 is 2.55 bits per heavy atom. The third kappa shape index (κ3) is 11.7. The highest BCUT2D eigenvalue weighted by atomic mass is 35.5. The zero-order valence-corrected chi connectivity index (χ0v) is 31.8. The highest BCUT2D eigenvalue weighted by Gasteiger charge is 2.32. The second-order valence-electron chi connectivity index (χ2n) is 13.9. The van der Waals surface area contributed by atoms with E-state index >= 15 is 0 Å². The van der Waals surface area contributed by atoms with Crippen LogP contribution in [0.4, 0.5) is 15.9 Å². The van der Waals surface area contributed by atoms with Gasteiger partial charge in [0, 0.05) is 41.2 Å². The molecule has 0 bridgehead atoms. The Balaban J connectivity index is 1.31. The molecule has 1 saturated heterocycles. The molecule has 0 saturated carbocycles. The molecule has 4 N–H and O–H groups in total. The average molecular weight is 778 g/mol. The molecule has 1 aromatic heterocycles. The van der Waals surface area contributed by atoms with Gasteiger partial charge in [0.2, 0.25) is 0 Å². The number of hydrogen-bond donors (Lipinski definition) is 4. The number of quaternary nitrogens is 1. The second kappa shape index (κ2) is 17.7. The Morgan fingerprint density at radius 2 is 1.85 bits per heavy atom. The lowest BCUT2D eigenvalue weighted by molar-refractivity contribution is -0.947. The molecule has 0 radical (unpaired) electrons. The van der Waals surface area contributed by atoms with Crippen LogP contribution in [0.2, 0.25) is 5.02 Å². The Labute approximate surface area is 313 Å². The van der Waals surface area contributed by atoms with Crippen molar-refractivity contribution < 1.29 is 51.8 Å². The molecule has 4 aromatic rings. The number of phosphoric acid groups is 1. The second-order valence-corrected chi connectivity index (χ2v) is 15.5. The fourth-order valence-corrected chi connectivity index (χ4v) is 6.37. The number of β-amino-alcohol motifs (C(OH)–C–C–N with tert-alkyl or cyclic N) is 1. The number of phosphoric ester groups is 1. The number of methoxy groups -OCH3 is 1. The van der Waals surface area contributed by atoms with Crippen molar-refractivity contribution in [2.45, 2.75) is 45.4 Å². The van der Waals surface area contributed by atoms with Crippen molar-refractivity contribution in [1.82, 2.24) is 15.3 Å². The largest absolute Gasteiger partial charge is 0.756 e. The van der Waals surface area contributed by atoms with Crippen molar-refractivity contribution >= 4 is 41.8 Å². The van der Waals surface area contributed by atoms with Crippen LogP contribution in [0.3, 0.4) is 0 Å². The molecule has 17 heteroatoms. The zero-order chi connectivity index (χ0) is 38.2. The first-order chi connectivity index (χ1) is 25.1. The fraction of sp³-hybridized carbons (Fsp3) is 0.444. The molecule has 0 amide bonds. The summed E-state index contributed by atoms with van der Waals surface area (Å²) in [5.74, 6) is 1.28. The van der Waals surface area contributed by atoms with Gasteiger partial charge in [0.15, 0.2) is 18.3 Å². The molecular formula is C36H46ClFN5O9P. The first-order valence-electron chi connectivity index (χ1n) is 17.1. The van der Waals surface area contributed by atoms with E-state index in [1.807, 2.05) is 32.9 Å². The molecule has 0 spiro atoms. The number of rotatable bonds is 17. The highest BCUT2D eigenvalue weighted by Crippen LogP contribution is 2.36. The van der Waals surface area contributed by atoms with Gasteiger partial charge in [-0.15, -0.1) is 0 Å². The minimum Gasteiger partial charge on any atom is -0.756 e. The number of halogens is 2. The van der Waals surface area contributed by atoms with Gasteiger partial charge < -0.3 is 49.0 Å². The van der Waals surface area contributed by atoms with Crippen LogP contribution < -0.4 is 29.7 Å². The van der Waals surface area contributed by atoms with Gasteiger partial charge in [0.25, 0.3) is 7.82 Å². The third-order valence-electron chi connectivity index (χ3n) is 8.80. The number of nitrogens with zero attached hydrogens (tertiary/aromatic N) is 3. The SMILES string of the molecule is COc1cc2ncnc(Nc3ccc(F)c(Cl)c3)c2cc1OCCC[N+]1(Cc2ccc(C(O)CNC(C)(C)C)cc2OCOP(=O)([O-])O)CCOCC1. The molecule has 1 aliphatic rings. The number of aliphatic hydroxyl groups is 1. The maximum Gasteiger partial charge on any atom is 0.268 e. The van der Waals surface area contributed by atoms with Gasteiger partial charge in [-0.3, -0.25) is 9.09 Å². The number of anilines is 2. The van der Waals surface area contributed by atoms with Crippen LogP contribution in [-0.4, -0.2) is 89.9 Å². The monoisotopic (exact) mass is 777 g/mol. The molecule has 14 nitrogen and oxygen atoms in total. The van der Waals surface area contributed by atoms with Crippen molar-refractivity contribution in [2.75, 3.05) is 65.2 Å². The van der Waals surface area contributed by atoms with E-state index in [0.29, 0.717) is 109 Å². The van der Waals surface area contributed by atoms with Crippen molar-refractivity contribution in [1.29, 1.82) is 0 Å². The van der Waals surface area contributed by atoms with Gasteiger partial charge in [-0.2, -0.15) is 0 Å². The van der Waals surface area contributed by atoms with Crippen LogP contribution >= 0.6 is 19.4 Å². The topological polar surface area (TPSA) is 177 Å². The van der Waals surface area contributed by atoms with Gasteiger partial charge in [-0.1, -0.05) is 17.7 Å². The molecule has 288 valence electrons. The Hall–Kier alpha value is -3.63.